The largest absolute Gasteiger partial charge is 0.348 e. The molecule has 2 heterocycles. The van der Waals surface area contributed by atoms with E-state index in [1.165, 1.54) is 18.6 Å². The van der Waals surface area contributed by atoms with Gasteiger partial charge in [0.2, 0.25) is 11.8 Å². The van der Waals surface area contributed by atoms with Crippen LogP contribution in [0.5, 0.6) is 0 Å². The number of nitrogens with zero attached hydrogens (tertiary/aromatic N) is 3. The highest BCUT2D eigenvalue weighted by Gasteiger charge is 2.25. The maximum absolute atomic E-state index is 13.2. The monoisotopic (exact) mass is 418 g/mol. The highest BCUT2D eigenvalue weighted by atomic mass is 19.1. The molecule has 1 atom stereocenters. The molecule has 1 aromatic carbocycles. The van der Waals surface area contributed by atoms with Gasteiger partial charge in [-0.3, -0.25) is 19.4 Å². The third kappa shape index (κ3) is 6.51. The molecule has 1 aromatic rings. The summed E-state index contributed by atoms with van der Waals surface area (Å²) >= 11 is 0. The average Bonchev–Trinajstić information content (AvgIpc) is 2.74. The Morgan fingerprint density at radius 1 is 0.900 bits per heavy atom. The molecule has 0 radical (unpaired) electrons. The van der Waals surface area contributed by atoms with E-state index in [0.717, 1.165) is 57.7 Å². The Morgan fingerprint density at radius 2 is 1.47 bits per heavy atom. The summed E-state index contributed by atoms with van der Waals surface area (Å²) in [5, 5.41) is 3.11. The summed E-state index contributed by atoms with van der Waals surface area (Å²) in [6, 6.07) is 6.20. The second-order valence-corrected chi connectivity index (χ2v) is 8.83. The first kappa shape index (κ1) is 22.7. The summed E-state index contributed by atoms with van der Waals surface area (Å²) in [6.07, 6.45) is 3.46. The van der Waals surface area contributed by atoms with Gasteiger partial charge in [0.25, 0.3) is 0 Å². The third-order valence-corrected chi connectivity index (χ3v) is 6.11. The van der Waals surface area contributed by atoms with E-state index in [1.54, 1.807) is 12.1 Å². The fraction of sp³-hybridized carbons (Fsp3) is 0.652. The second kappa shape index (κ2) is 10.9. The van der Waals surface area contributed by atoms with Crippen LogP contribution in [0.4, 0.5) is 4.39 Å². The number of rotatable bonds is 7. The molecule has 0 aromatic heterocycles. The summed E-state index contributed by atoms with van der Waals surface area (Å²) in [4.78, 5) is 31.4. The maximum atomic E-state index is 13.2. The Balaban J connectivity index is 1.42. The number of hydrogen-bond acceptors (Lipinski definition) is 4. The lowest BCUT2D eigenvalue weighted by Crippen LogP contribution is -2.52. The zero-order chi connectivity index (χ0) is 21.5. The highest BCUT2D eigenvalue weighted by molar-refractivity contribution is 5.79. The van der Waals surface area contributed by atoms with Crippen molar-refractivity contribution in [3.63, 3.8) is 0 Å². The standard InChI is InChI=1S/C23H35FN4O2/c1-18(2)23(19-6-8-20(24)9-7-19)25-21(29)16-26-12-14-27(15-13-26)17-22(30)28-10-4-3-5-11-28/h6-9,18,23H,3-5,10-17H2,1-2H3,(H,25,29)/t23-/m1/s1. The molecule has 0 unspecified atom stereocenters. The van der Waals surface area contributed by atoms with Crippen molar-refractivity contribution in [1.29, 1.82) is 0 Å². The normalized spacial score (nSPS) is 19.7. The predicted octanol–water partition coefficient (Wildman–Crippen LogP) is 2.27. The van der Waals surface area contributed by atoms with E-state index in [0.29, 0.717) is 13.1 Å². The fourth-order valence-corrected chi connectivity index (χ4v) is 4.27. The fourth-order valence-electron chi connectivity index (χ4n) is 4.27. The molecular formula is C23H35FN4O2. The van der Waals surface area contributed by atoms with E-state index in [-0.39, 0.29) is 29.6 Å². The van der Waals surface area contributed by atoms with Gasteiger partial charge in [-0.2, -0.15) is 0 Å². The molecule has 166 valence electrons. The number of benzene rings is 1. The van der Waals surface area contributed by atoms with Crippen molar-refractivity contribution in [2.45, 2.75) is 39.2 Å². The number of halogens is 1. The smallest absolute Gasteiger partial charge is 0.236 e. The SMILES string of the molecule is CC(C)[C@@H](NC(=O)CN1CCN(CC(=O)N2CCCCC2)CC1)c1ccc(F)cc1. The molecule has 0 aliphatic carbocycles. The van der Waals surface area contributed by atoms with E-state index < -0.39 is 0 Å². The summed E-state index contributed by atoms with van der Waals surface area (Å²) in [7, 11) is 0. The lowest BCUT2D eigenvalue weighted by Gasteiger charge is -2.36. The minimum absolute atomic E-state index is 0.0177. The molecule has 2 fully saturated rings. The van der Waals surface area contributed by atoms with Gasteiger partial charge in [-0.1, -0.05) is 26.0 Å². The first-order chi connectivity index (χ1) is 14.4. The third-order valence-electron chi connectivity index (χ3n) is 6.11. The molecule has 0 bridgehead atoms. The number of piperidine rings is 1. The summed E-state index contributed by atoms with van der Waals surface area (Å²) in [5.74, 6) is 0.150. The van der Waals surface area contributed by atoms with Gasteiger partial charge in [-0.25, -0.2) is 4.39 Å². The van der Waals surface area contributed by atoms with Gasteiger partial charge in [0.1, 0.15) is 5.82 Å². The van der Waals surface area contributed by atoms with Crippen molar-refractivity contribution in [1.82, 2.24) is 20.0 Å². The average molecular weight is 419 g/mol. The Morgan fingerprint density at radius 3 is 2.03 bits per heavy atom. The molecule has 3 rings (SSSR count). The highest BCUT2D eigenvalue weighted by Crippen LogP contribution is 2.22. The number of carbonyl (C=O) groups is 2. The second-order valence-electron chi connectivity index (χ2n) is 8.83. The lowest BCUT2D eigenvalue weighted by atomic mass is 9.96. The number of piperazine rings is 1. The van der Waals surface area contributed by atoms with Crippen LogP contribution in [-0.2, 0) is 9.59 Å². The van der Waals surface area contributed by atoms with Crippen LogP contribution in [0.3, 0.4) is 0 Å². The van der Waals surface area contributed by atoms with Gasteiger partial charge in [0, 0.05) is 39.3 Å². The number of amides is 2. The van der Waals surface area contributed by atoms with Gasteiger partial charge >= 0.3 is 0 Å². The Bertz CT molecular complexity index is 696. The van der Waals surface area contributed by atoms with Crippen LogP contribution >= 0.6 is 0 Å². The van der Waals surface area contributed by atoms with Crippen molar-refractivity contribution >= 4 is 11.8 Å². The maximum Gasteiger partial charge on any atom is 0.236 e. The van der Waals surface area contributed by atoms with Crippen LogP contribution in [0.2, 0.25) is 0 Å². The molecule has 6 nitrogen and oxygen atoms in total. The first-order valence-corrected chi connectivity index (χ1v) is 11.2. The van der Waals surface area contributed by atoms with Crippen LogP contribution in [0.1, 0.15) is 44.7 Å². The van der Waals surface area contributed by atoms with Gasteiger partial charge in [-0.15, -0.1) is 0 Å². The van der Waals surface area contributed by atoms with Crippen molar-refractivity contribution in [2.24, 2.45) is 5.92 Å². The Labute approximate surface area is 179 Å². The predicted molar refractivity (Wildman–Crippen MR) is 115 cm³/mol. The van der Waals surface area contributed by atoms with Gasteiger partial charge in [-0.05, 0) is 42.9 Å². The summed E-state index contributed by atoms with van der Waals surface area (Å²) < 4.78 is 13.2. The molecule has 0 saturated carbocycles. The lowest BCUT2D eigenvalue weighted by molar-refractivity contribution is -0.134. The van der Waals surface area contributed by atoms with Crippen LogP contribution in [0.25, 0.3) is 0 Å². The summed E-state index contributed by atoms with van der Waals surface area (Å²) in [5.41, 5.74) is 0.917. The first-order valence-electron chi connectivity index (χ1n) is 11.2. The van der Waals surface area contributed by atoms with Crippen molar-refractivity contribution in [3.05, 3.63) is 35.6 Å². The molecule has 7 heteroatoms. The van der Waals surface area contributed by atoms with Crippen LogP contribution in [0, 0.1) is 11.7 Å². The molecule has 2 saturated heterocycles. The number of nitrogens with one attached hydrogen (secondary N) is 1. The zero-order valence-corrected chi connectivity index (χ0v) is 18.3. The summed E-state index contributed by atoms with van der Waals surface area (Å²) in [6.45, 7) is 9.88. The van der Waals surface area contributed by atoms with Gasteiger partial charge < -0.3 is 10.2 Å². The van der Waals surface area contributed by atoms with E-state index in [4.69, 9.17) is 0 Å². The quantitative estimate of drug-likeness (QED) is 0.738. The molecule has 0 spiro atoms. The van der Waals surface area contributed by atoms with Crippen LogP contribution < -0.4 is 5.32 Å². The van der Waals surface area contributed by atoms with Crippen molar-refractivity contribution in [3.8, 4) is 0 Å². The Kier molecular flexibility index (Phi) is 8.22. The van der Waals surface area contributed by atoms with E-state index in [2.05, 4.69) is 15.1 Å². The van der Waals surface area contributed by atoms with Crippen molar-refractivity contribution in [2.75, 3.05) is 52.4 Å². The zero-order valence-electron chi connectivity index (χ0n) is 18.3. The molecule has 2 aliphatic heterocycles. The van der Waals surface area contributed by atoms with Crippen molar-refractivity contribution < 1.29 is 14.0 Å². The van der Waals surface area contributed by atoms with E-state index >= 15 is 0 Å². The number of hydrogen-bond donors (Lipinski definition) is 1. The topological polar surface area (TPSA) is 55.9 Å². The number of likely N-dealkylation sites (tertiary alicyclic amines) is 1. The van der Waals surface area contributed by atoms with E-state index in [9.17, 15) is 14.0 Å². The minimum atomic E-state index is -0.274. The number of carbonyl (C=O) groups excluding carboxylic acids is 2. The van der Waals surface area contributed by atoms with Crippen LogP contribution in [-0.4, -0.2) is 78.9 Å². The molecular weight excluding hydrogens is 383 g/mol. The van der Waals surface area contributed by atoms with E-state index in [1.807, 2.05) is 18.7 Å². The van der Waals surface area contributed by atoms with Gasteiger partial charge in [0.15, 0.2) is 0 Å². The molecule has 2 amide bonds. The molecule has 2 aliphatic rings. The van der Waals surface area contributed by atoms with Crippen LogP contribution in [0.15, 0.2) is 24.3 Å². The minimum Gasteiger partial charge on any atom is -0.348 e. The molecule has 30 heavy (non-hydrogen) atoms. The molecule has 1 N–H and O–H groups in total. The Hall–Kier alpha value is -1.99. The van der Waals surface area contributed by atoms with Gasteiger partial charge in [0.05, 0.1) is 19.1 Å².